The van der Waals surface area contributed by atoms with Gasteiger partial charge in [0.05, 0.1) is 0 Å². The summed E-state index contributed by atoms with van der Waals surface area (Å²) in [6, 6.07) is 0. The summed E-state index contributed by atoms with van der Waals surface area (Å²) >= 11 is 5.71. The zero-order valence-corrected chi connectivity index (χ0v) is 8.37. The Morgan fingerprint density at radius 1 is 1.09 bits per heavy atom. The lowest BCUT2D eigenvalue weighted by Gasteiger charge is -2.01. The highest BCUT2D eigenvalue weighted by molar-refractivity contribution is 6.21. The van der Waals surface area contributed by atoms with E-state index < -0.39 is 0 Å². The van der Waals surface area contributed by atoms with E-state index in [4.69, 9.17) is 11.6 Å². The van der Waals surface area contributed by atoms with Crippen molar-refractivity contribution in [3.63, 3.8) is 0 Å². The number of unbranched alkanes of at least 4 members (excludes halogenated alkanes) is 5. The molecule has 0 aliphatic carbocycles. The second-order valence-corrected chi connectivity index (χ2v) is 3.77. The first kappa shape index (κ1) is 11.3. The molecule has 0 aliphatic rings. The minimum atomic E-state index is 0.126. The molecule has 11 heavy (non-hydrogen) atoms. The van der Waals surface area contributed by atoms with Crippen LogP contribution in [-0.4, -0.2) is 5.38 Å². The second-order valence-electron chi connectivity index (χ2n) is 3.15. The first-order chi connectivity index (χ1) is 5.27. The summed E-state index contributed by atoms with van der Waals surface area (Å²) in [4.78, 5) is 0. The zero-order chi connectivity index (χ0) is 8.53. The van der Waals surface area contributed by atoms with E-state index in [1.807, 2.05) is 0 Å². The van der Waals surface area contributed by atoms with Crippen LogP contribution in [0.5, 0.6) is 0 Å². The summed E-state index contributed by atoms with van der Waals surface area (Å²) < 4.78 is 0. The Hall–Kier alpha value is 0.290. The number of halogens is 1. The third-order valence-corrected chi connectivity index (χ3v) is 2.09. The van der Waals surface area contributed by atoms with Crippen molar-refractivity contribution in [1.29, 1.82) is 0 Å². The summed E-state index contributed by atoms with van der Waals surface area (Å²) in [5, 5.41) is 0.126. The van der Waals surface area contributed by atoms with Crippen LogP contribution in [0.1, 0.15) is 51.9 Å². The summed E-state index contributed by atoms with van der Waals surface area (Å²) in [7, 11) is 0. The minimum Gasteiger partial charge on any atom is -0.123 e. The van der Waals surface area contributed by atoms with Gasteiger partial charge in [-0.05, 0) is 13.3 Å². The van der Waals surface area contributed by atoms with E-state index >= 15 is 0 Å². The number of alkyl halides is 1. The molecule has 0 bridgehead atoms. The Balaban J connectivity index is 2.80. The lowest BCUT2D eigenvalue weighted by molar-refractivity contribution is 0.593. The molecular formula is C10H20Cl. The van der Waals surface area contributed by atoms with Crippen LogP contribution in [-0.2, 0) is 0 Å². The molecule has 0 aromatic carbocycles. The van der Waals surface area contributed by atoms with E-state index in [1.165, 1.54) is 38.5 Å². The van der Waals surface area contributed by atoms with Crippen molar-refractivity contribution in [2.45, 2.75) is 57.2 Å². The number of hydrogen-bond donors (Lipinski definition) is 0. The molecule has 0 aromatic heterocycles. The number of rotatable bonds is 7. The third kappa shape index (κ3) is 10.3. The molecule has 1 unspecified atom stereocenters. The van der Waals surface area contributed by atoms with Gasteiger partial charge in [-0.3, -0.25) is 0 Å². The van der Waals surface area contributed by atoms with Crippen LogP contribution in [0, 0.1) is 6.92 Å². The summed E-state index contributed by atoms with van der Waals surface area (Å²) in [5.41, 5.74) is 0. The monoisotopic (exact) mass is 175 g/mol. The molecule has 1 radical (unpaired) electrons. The quantitative estimate of drug-likeness (QED) is 0.402. The van der Waals surface area contributed by atoms with Crippen LogP contribution in [0.25, 0.3) is 0 Å². The zero-order valence-electron chi connectivity index (χ0n) is 7.61. The van der Waals surface area contributed by atoms with Gasteiger partial charge in [0.15, 0.2) is 0 Å². The van der Waals surface area contributed by atoms with Gasteiger partial charge in [-0.1, -0.05) is 45.4 Å². The van der Waals surface area contributed by atoms with E-state index in [2.05, 4.69) is 13.8 Å². The standard InChI is InChI=1S/C10H20Cl/c1-3-4-5-6-7-8-9-10(2)11/h10H,2-9H2,1H3. The summed E-state index contributed by atoms with van der Waals surface area (Å²) in [6.45, 7) is 5.98. The molecular weight excluding hydrogens is 156 g/mol. The lowest BCUT2D eigenvalue weighted by atomic mass is 10.1. The number of hydrogen-bond acceptors (Lipinski definition) is 0. The molecule has 0 amide bonds. The third-order valence-electron chi connectivity index (χ3n) is 1.87. The van der Waals surface area contributed by atoms with Gasteiger partial charge in [0.2, 0.25) is 0 Å². The fraction of sp³-hybridized carbons (Fsp3) is 0.900. The molecule has 0 N–H and O–H groups in total. The average molecular weight is 176 g/mol. The molecule has 0 spiro atoms. The Morgan fingerprint density at radius 2 is 1.64 bits per heavy atom. The van der Waals surface area contributed by atoms with E-state index in [0.717, 1.165) is 6.42 Å². The molecule has 0 aromatic rings. The van der Waals surface area contributed by atoms with E-state index in [9.17, 15) is 0 Å². The normalized spacial score (nSPS) is 13.4. The van der Waals surface area contributed by atoms with Crippen LogP contribution in [0.15, 0.2) is 0 Å². The Morgan fingerprint density at radius 3 is 2.18 bits per heavy atom. The maximum absolute atomic E-state index is 5.71. The Labute approximate surface area is 76.3 Å². The fourth-order valence-electron chi connectivity index (χ4n) is 1.15. The van der Waals surface area contributed by atoms with Gasteiger partial charge in [0.25, 0.3) is 0 Å². The van der Waals surface area contributed by atoms with Gasteiger partial charge in [-0.15, -0.1) is 11.6 Å². The molecule has 0 rings (SSSR count). The minimum absolute atomic E-state index is 0.126. The maximum atomic E-state index is 5.71. The van der Waals surface area contributed by atoms with Crippen LogP contribution >= 0.6 is 11.6 Å². The average Bonchev–Trinajstić information content (AvgIpc) is 1.96. The van der Waals surface area contributed by atoms with Crippen molar-refractivity contribution in [3.8, 4) is 0 Å². The molecule has 67 valence electrons. The van der Waals surface area contributed by atoms with Crippen LogP contribution in [0.3, 0.4) is 0 Å². The van der Waals surface area contributed by atoms with Crippen molar-refractivity contribution >= 4 is 11.6 Å². The predicted molar refractivity (Wildman–Crippen MR) is 53.0 cm³/mol. The van der Waals surface area contributed by atoms with Gasteiger partial charge >= 0.3 is 0 Å². The smallest absolute Gasteiger partial charge is 0.0336 e. The van der Waals surface area contributed by atoms with Gasteiger partial charge in [-0.25, -0.2) is 0 Å². The highest BCUT2D eigenvalue weighted by Crippen LogP contribution is 2.10. The molecule has 0 nitrogen and oxygen atoms in total. The fourth-order valence-corrected chi connectivity index (χ4v) is 1.30. The van der Waals surface area contributed by atoms with Gasteiger partial charge in [0, 0.05) is 5.38 Å². The van der Waals surface area contributed by atoms with Crippen molar-refractivity contribution in [2.24, 2.45) is 0 Å². The molecule has 0 saturated heterocycles. The van der Waals surface area contributed by atoms with Crippen molar-refractivity contribution in [2.75, 3.05) is 0 Å². The van der Waals surface area contributed by atoms with E-state index in [-0.39, 0.29) is 5.38 Å². The largest absolute Gasteiger partial charge is 0.123 e. The van der Waals surface area contributed by atoms with Crippen molar-refractivity contribution in [1.82, 2.24) is 0 Å². The topological polar surface area (TPSA) is 0 Å². The highest BCUT2D eigenvalue weighted by Gasteiger charge is 1.95. The second kappa shape index (κ2) is 8.39. The maximum Gasteiger partial charge on any atom is 0.0336 e. The van der Waals surface area contributed by atoms with Gasteiger partial charge in [-0.2, -0.15) is 0 Å². The Kier molecular flexibility index (Phi) is 8.61. The summed E-state index contributed by atoms with van der Waals surface area (Å²) in [6.07, 6.45) is 9.13. The molecule has 1 atom stereocenters. The molecule has 1 heteroatoms. The van der Waals surface area contributed by atoms with E-state index in [0.29, 0.717) is 0 Å². The first-order valence-electron chi connectivity index (χ1n) is 4.74. The predicted octanol–water partition coefficient (Wildman–Crippen LogP) is 4.18. The van der Waals surface area contributed by atoms with Crippen molar-refractivity contribution < 1.29 is 0 Å². The van der Waals surface area contributed by atoms with Crippen LogP contribution < -0.4 is 0 Å². The first-order valence-corrected chi connectivity index (χ1v) is 5.18. The van der Waals surface area contributed by atoms with E-state index in [1.54, 1.807) is 0 Å². The molecule has 0 heterocycles. The van der Waals surface area contributed by atoms with Crippen molar-refractivity contribution in [3.05, 3.63) is 6.92 Å². The SMILES string of the molecule is [CH2]C(Cl)CCCCCCCC. The lowest BCUT2D eigenvalue weighted by Crippen LogP contribution is -1.90. The van der Waals surface area contributed by atoms with Crippen LogP contribution in [0.2, 0.25) is 0 Å². The molecule has 0 saturated carbocycles. The Bertz CT molecular complexity index is 69.3. The molecule has 0 fully saturated rings. The van der Waals surface area contributed by atoms with Gasteiger partial charge < -0.3 is 0 Å². The highest BCUT2D eigenvalue weighted by atomic mass is 35.5. The molecule has 0 aliphatic heterocycles. The summed E-state index contributed by atoms with van der Waals surface area (Å²) in [5.74, 6) is 0. The van der Waals surface area contributed by atoms with Crippen LogP contribution in [0.4, 0.5) is 0 Å². The van der Waals surface area contributed by atoms with Gasteiger partial charge in [0.1, 0.15) is 0 Å².